The van der Waals surface area contributed by atoms with E-state index in [0.29, 0.717) is 15.4 Å². The molecule has 0 saturated carbocycles. The van der Waals surface area contributed by atoms with E-state index in [-0.39, 0.29) is 5.82 Å². The number of halogens is 3. The van der Waals surface area contributed by atoms with Crippen molar-refractivity contribution in [1.82, 2.24) is 5.32 Å². The van der Waals surface area contributed by atoms with E-state index in [1.54, 1.807) is 6.07 Å². The first-order valence-corrected chi connectivity index (χ1v) is 6.20. The van der Waals surface area contributed by atoms with E-state index in [9.17, 15) is 4.39 Å². The van der Waals surface area contributed by atoms with E-state index < -0.39 is 0 Å². The molecule has 1 aromatic carbocycles. The van der Waals surface area contributed by atoms with Gasteiger partial charge in [-0.15, -0.1) is 0 Å². The van der Waals surface area contributed by atoms with Gasteiger partial charge in [0.15, 0.2) is 0 Å². The van der Waals surface area contributed by atoms with Crippen molar-refractivity contribution in [2.45, 2.75) is 18.8 Å². The van der Waals surface area contributed by atoms with Crippen molar-refractivity contribution >= 4 is 27.5 Å². The van der Waals surface area contributed by atoms with Crippen LogP contribution in [0.3, 0.4) is 0 Å². The van der Waals surface area contributed by atoms with Crippen molar-refractivity contribution in [3.8, 4) is 0 Å². The zero-order valence-corrected chi connectivity index (χ0v) is 10.5. The molecule has 0 aromatic heterocycles. The highest BCUT2D eigenvalue weighted by Crippen LogP contribution is 2.32. The smallest absolute Gasteiger partial charge is 0.139 e. The van der Waals surface area contributed by atoms with Crippen LogP contribution in [0.25, 0.3) is 0 Å². The molecule has 4 heteroatoms. The third-order valence-electron chi connectivity index (χ3n) is 2.77. The third kappa shape index (κ3) is 2.52. The van der Waals surface area contributed by atoms with Crippen LogP contribution < -0.4 is 5.32 Å². The molecule has 1 aliphatic heterocycles. The predicted octanol–water partition coefficient (Wildman–Crippen LogP) is 3.71. The molecule has 0 amide bonds. The summed E-state index contributed by atoms with van der Waals surface area (Å²) in [5, 5.41) is 3.76. The average molecular weight is 293 g/mol. The molecule has 0 aliphatic carbocycles. The van der Waals surface area contributed by atoms with E-state index in [1.165, 1.54) is 0 Å². The summed E-state index contributed by atoms with van der Waals surface area (Å²) in [6, 6.07) is 3.43. The van der Waals surface area contributed by atoms with Crippen LogP contribution in [0.2, 0.25) is 5.02 Å². The van der Waals surface area contributed by atoms with Gasteiger partial charge in [-0.2, -0.15) is 0 Å². The molecule has 0 bridgehead atoms. The fourth-order valence-corrected chi connectivity index (χ4v) is 2.39. The van der Waals surface area contributed by atoms with Gasteiger partial charge in [0.25, 0.3) is 0 Å². The lowest BCUT2D eigenvalue weighted by molar-refractivity contribution is 0.459. The Morgan fingerprint density at radius 1 is 1.47 bits per heavy atom. The molecule has 1 aliphatic rings. The molecule has 1 nitrogen and oxygen atoms in total. The summed E-state index contributed by atoms with van der Waals surface area (Å²) in [6.45, 7) is 1.97. The van der Waals surface area contributed by atoms with Crippen LogP contribution in [-0.2, 0) is 0 Å². The van der Waals surface area contributed by atoms with Gasteiger partial charge in [0, 0.05) is 6.54 Å². The van der Waals surface area contributed by atoms with Crippen LogP contribution in [0, 0.1) is 5.82 Å². The van der Waals surface area contributed by atoms with Gasteiger partial charge in [-0.05, 0) is 58.9 Å². The van der Waals surface area contributed by atoms with Gasteiger partial charge in [-0.3, -0.25) is 0 Å². The fraction of sp³-hybridized carbons (Fsp3) is 0.455. The summed E-state index contributed by atoms with van der Waals surface area (Å²) in [4.78, 5) is 0. The molecule has 2 rings (SSSR count). The summed E-state index contributed by atoms with van der Waals surface area (Å²) in [7, 11) is 0. The number of piperidine rings is 1. The normalized spacial score (nSPS) is 21.7. The fourth-order valence-electron chi connectivity index (χ4n) is 1.95. The van der Waals surface area contributed by atoms with Crippen LogP contribution in [0.5, 0.6) is 0 Å². The molecule has 1 unspecified atom stereocenters. The second-order valence-corrected chi connectivity index (χ2v) is 5.04. The second-order valence-electron chi connectivity index (χ2n) is 3.84. The Kier molecular flexibility index (Phi) is 3.65. The quantitative estimate of drug-likeness (QED) is 0.778. The zero-order valence-electron chi connectivity index (χ0n) is 8.19. The maximum Gasteiger partial charge on any atom is 0.139 e. The highest BCUT2D eigenvalue weighted by molar-refractivity contribution is 9.10. The highest BCUT2D eigenvalue weighted by Gasteiger charge is 2.17. The standard InChI is InChI=1S/C11H12BrClFN/c12-11-9(13)4-8(5-10(11)14)7-2-1-3-15-6-7/h4-5,7,15H,1-3,6H2. The average Bonchev–Trinajstić information content (AvgIpc) is 2.26. The van der Waals surface area contributed by atoms with Crippen LogP contribution >= 0.6 is 27.5 Å². The second kappa shape index (κ2) is 4.81. The van der Waals surface area contributed by atoms with E-state index in [4.69, 9.17) is 11.6 Å². The lowest BCUT2D eigenvalue weighted by atomic mass is 9.92. The first-order valence-electron chi connectivity index (χ1n) is 5.03. The lowest BCUT2D eigenvalue weighted by Crippen LogP contribution is -2.28. The molecule has 1 fully saturated rings. The molecular formula is C11H12BrClFN. The predicted molar refractivity (Wildman–Crippen MR) is 64.0 cm³/mol. The minimum Gasteiger partial charge on any atom is -0.316 e. The molecule has 1 heterocycles. The number of rotatable bonds is 1. The van der Waals surface area contributed by atoms with E-state index in [1.807, 2.05) is 6.07 Å². The van der Waals surface area contributed by atoms with Crippen molar-refractivity contribution in [2.24, 2.45) is 0 Å². The number of hydrogen-bond donors (Lipinski definition) is 1. The van der Waals surface area contributed by atoms with Crippen LogP contribution in [-0.4, -0.2) is 13.1 Å². The Morgan fingerprint density at radius 2 is 2.27 bits per heavy atom. The molecule has 1 N–H and O–H groups in total. The maximum atomic E-state index is 13.4. The molecule has 1 aromatic rings. The van der Waals surface area contributed by atoms with Crippen molar-refractivity contribution in [3.05, 3.63) is 33.0 Å². The highest BCUT2D eigenvalue weighted by atomic mass is 79.9. The van der Waals surface area contributed by atoms with Gasteiger partial charge in [0.05, 0.1) is 9.50 Å². The van der Waals surface area contributed by atoms with E-state index in [2.05, 4.69) is 21.2 Å². The Balaban J connectivity index is 2.27. The van der Waals surface area contributed by atoms with Crippen molar-refractivity contribution < 1.29 is 4.39 Å². The number of benzene rings is 1. The Hall–Kier alpha value is -0.120. The third-order valence-corrected chi connectivity index (χ3v) is 4.11. The van der Waals surface area contributed by atoms with Crippen LogP contribution in [0.15, 0.2) is 16.6 Å². The lowest BCUT2D eigenvalue weighted by Gasteiger charge is -2.23. The topological polar surface area (TPSA) is 12.0 Å². The summed E-state index contributed by atoms with van der Waals surface area (Å²) < 4.78 is 13.8. The molecule has 1 atom stereocenters. The van der Waals surface area contributed by atoms with Gasteiger partial charge in [-0.1, -0.05) is 11.6 Å². The first-order chi connectivity index (χ1) is 7.18. The zero-order chi connectivity index (χ0) is 10.8. The molecule has 82 valence electrons. The summed E-state index contributed by atoms with van der Waals surface area (Å²) in [6.07, 6.45) is 2.24. The van der Waals surface area contributed by atoms with Gasteiger partial charge in [-0.25, -0.2) is 4.39 Å². The molecular weight excluding hydrogens is 280 g/mol. The summed E-state index contributed by atoms with van der Waals surface area (Å²) in [5.74, 6) is 0.113. The molecule has 0 spiro atoms. The largest absolute Gasteiger partial charge is 0.316 e. The van der Waals surface area contributed by atoms with Crippen LogP contribution in [0.4, 0.5) is 4.39 Å². The van der Waals surface area contributed by atoms with Gasteiger partial charge >= 0.3 is 0 Å². The monoisotopic (exact) mass is 291 g/mol. The molecule has 1 saturated heterocycles. The SMILES string of the molecule is Fc1cc(C2CCCNC2)cc(Cl)c1Br. The van der Waals surface area contributed by atoms with Crippen molar-refractivity contribution in [3.63, 3.8) is 0 Å². The minimum absolute atomic E-state index is 0.275. The summed E-state index contributed by atoms with van der Waals surface area (Å²) >= 11 is 9.05. The number of nitrogens with one attached hydrogen (secondary N) is 1. The number of hydrogen-bond acceptors (Lipinski definition) is 1. The molecule has 0 radical (unpaired) electrons. The maximum absolute atomic E-state index is 13.4. The van der Waals surface area contributed by atoms with Gasteiger partial charge in [0.1, 0.15) is 5.82 Å². The van der Waals surface area contributed by atoms with E-state index >= 15 is 0 Å². The summed E-state index contributed by atoms with van der Waals surface area (Å²) in [5.41, 5.74) is 0.993. The minimum atomic E-state index is -0.275. The Bertz CT molecular complexity index is 341. The first kappa shape index (κ1) is 11.4. The van der Waals surface area contributed by atoms with Crippen molar-refractivity contribution in [1.29, 1.82) is 0 Å². The van der Waals surface area contributed by atoms with Gasteiger partial charge in [0.2, 0.25) is 0 Å². The molecule has 15 heavy (non-hydrogen) atoms. The van der Waals surface area contributed by atoms with Gasteiger partial charge < -0.3 is 5.32 Å². The Labute approximate surface area is 102 Å². The van der Waals surface area contributed by atoms with Crippen molar-refractivity contribution in [2.75, 3.05) is 13.1 Å². The van der Waals surface area contributed by atoms with Crippen LogP contribution in [0.1, 0.15) is 24.3 Å². The van der Waals surface area contributed by atoms with E-state index in [0.717, 1.165) is 31.5 Å². The Morgan fingerprint density at radius 3 is 2.87 bits per heavy atom.